The Morgan fingerprint density at radius 1 is 1.61 bits per heavy atom. The van der Waals surface area contributed by atoms with Crippen molar-refractivity contribution in [1.82, 2.24) is 25.4 Å². The van der Waals surface area contributed by atoms with Crippen molar-refractivity contribution in [3.05, 3.63) is 5.82 Å². The van der Waals surface area contributed by atoms with Crippen molar-refractivity contribution in [3.8, 4) is 0 Å². The Balaban J connectivity index is 1.96. The molecule has 18 heavy (non-hydrogen) atoms. The quantitative estimate of drug-likeness (QED) is 0.772. The molecule has 2 rings (SSSR count). The van der Waals surface area contributed by atoms with Gasteiger partial charge in [0.2, 0.25) is 11.1 Å². The van der Waals surface area contributed by atoms with E-state index in [9.17, 15) is 9.59 Å². The molecule has 0 aromatic carbocycles. The highest BCUT2D eigenvalue weighted by molar-refractivity contribution is 8.00. The first-order valence-electron chi connectivity index (χ1n) is 5.79. The normalized spacial score (nSPS) is 16.8. The summed E-state index contributed by atoms with van der Waals surface area (Å²) in [5.41, 5.74) is 0. The highest BCUT2D eigenvalue weighted by atomic mass is 32.2. The SMILES string of the molecule is CCc1nc(SC(C)C(=O)N2CCNC2=O)n[nH]1. The van der Waals surface area contributed by atoms with E-state index in [1.54, 1.807) is 6.92 Å². The second kappa shape index (κ2) is 5.38. The summed E-state index contributed by atoms with van der Waals surface area (Å²) in [6.07, 6.45) is 0.768. The molecule has 3 amide bonds. The maximum atomic E-state index is 12.0. The highest BCUT2D eigenvalue weighted by Crippen LogP contribution is 2.21. The van der Waals surface area contributed by atoms with Crippen molar-refractivity contribution in [3.63, 3.8) is 0 Å². The van der Waals surface area contributed by atoms with Gasteiger partial charge in [0.05, 0.1) is 5.25 Å². The van der Waals surface area contributed by atoms with Gasteiger partial charge in [0.1, 0.15) is 5.82 Å². The molecule has 7 nitrogen and oxygen atoms in total. The molecular formula is C10H15N5O2S. The van der Waals surface area contributed by atoms with E-state index in [0.29, 0.717) is 18.2 Å². The van der Waals surface area contributed by atoms with Crippen molar-refractivity contribution in [2.75, 3.05) is 13.1 Å². The molecule has 0 radical (unpaired) electrons. The summed E-state index contributed by atoms with van der Waals surface area (Å²) in [7, 11) is 0. The molecule has 1 aromatic heterocycles. The van der Waals surface area contributed by atoms with Gasteiger partial charge in [-0.05, 0) is 6.92 Å². The Kier molecular flexibility index (Phi) is 3.85. The fraction of sp³-hybridized carbons (Fsp3) is 0.600. The zero-order valence-corrected chi connectivity index (χ0v) is 11.1. The smallest absolute Gasteiger partial charge is 0.324 e. The van der Waals surface area contributed by atoms with Crippen LogP contribution in [0.4, 0.5) is 4.79 Å². The zero-order chi connectivity index (χ0) is 13.1. The molecule has 1 aliphatic heterocycles. The van der Waals surface area contributed by atoms with Crippen LogP contribution in [0.3, 0.4) is 0 Å². The number of rotatable bonds is 4. The number of thioether (sulfide) groups is 1. The van der Waals surface area contributed by atoms with Crippen LogP contribution >= 0.6 is 11.8 Å². The van der Waals surface area contributed by atoms with Gasteiger partial charge in [-0.25, -0.2) is 9.78 Å². The molecular weight excluding hydrogens is 254 g/mol. The van der Waals surface area contributed by atoms with E-state index in [0.717, 1.165) is 12.2 Å². The third-order valence-electron chi connectivity index (χ3n) is 2.60. The molecule has 0 spiro atoms. The van der Waals surface area contributed by atoms with E-state index in [2.05, 4.69) is 20.5 Å². The molecule has 1 fully saturated rings. The topological polar surface area (TPSA) is 91.0 Å². The number of aromatic amines is 1. The number of carbonyl (C=O) groups is 2. The number of hydrogen-bond acceptors (Lipinski definition) is 5. The average Bonchev–Trinajstić information content (AvgIpc) is 2.97. The minimum absolute atomic E-state index is 0.210. The Morgan fingerprint density at radius 3 is 2.94 bits per heavy atom. The van der Waals surface area contributed by atoms with Crippen LogP contribution in [0.5, 0.6) is 0 Å². The monoisotopic (exact) mass is 269 g/mol. The predicted octanol–water partition coefficient (Wildman–Crippen LogP) is 0.399. The molecule has 1 unspecified atom stereocenters. The van der Waals surface area contributed by atoms with Crippen LogP contribution in [-0.2, 0) is 11.2 Å². The number of aromatic nitrogens is 3. The first kappa shape index (κ1) is 12.9. The van der Waals surface area contributed by atoms with Crippen LogP contribution in [-0.4, -0.2) is 50.4 Å². The fourth-order valence-electron chi connectivity index (χ4n) is 1.60. The van der Waals surface area contributed by atoms with Crippen molar-refractivity contribution in [2.45, 2.75) is 30.7 Å². The lowest BCUT2D eigenvalue weighted by atomic mass is 10.4. The summed E-state index contributed by atoms with van der Waals surface area (Å²) in [5, 5.41) is 9.56. The number of urea groups is 1. The van der Waals surface area contributed by atoms with E-state index >= 15 is 0 Å². The molecule has 0 bridgehead atoms. The average molecular weight is 269 g/mol. The molecule has 2 heterocycles. The van der Waals surface area contributed by atoms with Gasteiger partial charge >= 0.3 is 6.03 Å². The Morgan fingerprint density at radius 2 is 2.39 bits per heavy atom. The number of nitrogens with one attached hydrogen (secondary N) is 2. The second-order valence-corrected chi connectivity index (χ2v) is 5.21. The highest BCUT2D eigenvalue weighted by Gasteiger charge is 2.30. The molecule has 1 saturated heterocycles. The molecule has 2 N–H and O–H groups in total. The fourth-order valence-corrected chi connectivity index (χ4v) is 2.40. The summed E-state index contributed by atoms with van der Waals surface area (Å²) in [6.45, 7) is 4.66. The third kappa shape index (κ3) is 2.63. The molecule has 0 aliphatic carbocycles. The first-order valence-corrected chi connectivity index (χ1v) is 6.67. The van der Waals surface area contributed by atoms with E-state index in [1.807, 2.05) is 6.92 Å². The van der Waals surface area contributed by atoms with Crippen LogP contribution in [0.1, 0.15) is 19.7 Å². The second-order valence-electron chi connectivity index (χ2n) is 3.90. The van der Waals surface area contributed by atoms with Gasteiger partial charge in [0.25, 0.3) is 0 Å². The number of aryl methyl sites for hydroxylation is 1. The standard InChI is InChI=1S/C10H15N5O2S/c1-3-7-12-9(14-13-7)18-6(2)8(16)15-5-4-11-10(15)17/h6H,3-5H2,1-2H3,(H,11,17)(H,12,13,14). The van der Waals surface area contributed by atoms with E-state index in [1.165, 1.54) is 16.7 Å². The van der Waals surface area contributed by atoms with Gasteiger partial charge in [0, 0.05) is 19.5 Å². The largest absolute Gasteiger partial charge is 0.336 e. The van der Waals surface area contributed by atoms with Gasteiger partial charge in [-0.15, -0.1) is 5.10 Å². The summed E-state index contributed by atoms with van der Waals surface area (Å²) in [6, 6.07) is -0.323. The van der Waals surface area contributed by atoms with Crippen molar-refractivity contribution in [1.29, 1.82) is 0 Å². The Hall–Kier alpha value is -1.57. The Labute approximate surface area is 109 Å². The van der Waals surface area contributed by atoms with Crippen LogP contribution in [0.25, 0.3) is 0 Å². The van der Waals surface area contributed by atoms with Crippen LogP contribution in [0.15, 0.2) is 5.16 Å². The van der Waals surface area contributed by atoms with E-state index in [-0.39, 0.29) is 17.2 Å². The van der Waals surface area contributed by atoms with Crippen molar-refractivity contribution >= 4 is 23.7 Å². The number of carbonyl (C=O) groups excluding carboxylic acids is 2. The number of amides is 3. The van der Waals surface area contributed by atoms with Crippen molar-refractivity contribution < 1.29 is 9.59 Å². The molecule has 1 aliphatic rings. The third-order valence-corrected chi connectivity index (χ3v) is 3.55. The summed E-state index contributed by atoms with van der Waals surface area (Å²) < 4.78 is 0. The minimum atomic E-state index is -0.380. The summed E-state index contributed by atoms with van der Waals surface area (Å²) >= 11 is 1.25. The predicted molar refractivity (Wildman–Crippen MR) is 66.2 cm³/mol. The van der Waals surface area contributed by atoms with Gasteiger partial charge < -0.3 is 5.32 Å². The number of hydrogen-bond donors (Lipinski definition) is 2. The van der Waals surface area contributed by atoms with Crippen LogP contribution < -0.4 is 5.32 Å². The molecule has 1 aromatic rings. The van der Waals surface area contributed by atoms with E-state index in [4.69, 9.17) is 0 Å². The number of nitrogens with zero attached hydrogens (tertiary/aromatic N) is 3. The number of H-pyrrole nitrogens is 1. The molecule has 98 valence electrons. The maximum Gasteiger partial charge on any atom is 0.324 e. The lowest BCUT2D eigenvalue weighted by Crippen LogP contribution is -2.38. The van der Waals surface area contributed by atoms with Gasteiger partial charge in [-0.2, -0.15) is 0 Å². The van der Waals surface area contributed by atoms with Gasteiger partial charge in [-0.3, -0.25) is 14.8 Å². The summed E-state index contributed by atoms with van der Waals surface area (Å²) in [4.78, 5) is 28.8. The molecule has 1 atom stereocenters. The lowest BCUT2D eigenvalue weighted by Gasteiger charge is -2.15. The molecule has 8 heteroatoms. The summed E-state index contributed by atoms with van der Waals surface area (Å²) in [5.74, 6) is 0.578. The first-order chi connectivity index (χ1) is 8.61. The van der Waals surface area contributed by atoms with Gasteiger partial charge in [0.15, 0.2) is 0 Å². The van der Waals surface area contributed by atoms with Crippen LogP contribution in [0, 0.1) is 0 Å². The zero-order valence-electron chi connectivity index (χ0n) is 10.3. The van der Waals surface area contributed by atoms with Gasteiger partial charge in [-0.1, -0.05) is 18.7 Å². The van der Waals surface area contributed by atoms with Crippen LogP contribution in [0.2, 0.25) is 0 Å². The lowest BCUT2D eigenvalue weighted by molar-refractivity contribution is -0.126. The maximum absolute atomic E-state index is 12.0. The number of imide groups is 1. The Bertz CT molecular complexity index is 461. The molecule has 0 saturated carbocycles. The van der Waals surface area contributed by atoms with E-state index < -0.39 is 0 Å². The van der Waals surface area contributed by atoms with Crippen molar-refractivity contribution in [2.24, 2.45) is 0 Å². The minimum Gasteiger partial charge on any atom is -0.336 e.